The molecule has 2 unspecified atom stereocenters. The highest BCUT2D eigenvalue weighted by atomic mass is 14.9. The van der Waals surface area contributed by atoms with Gasteiger partial charge in [-0.25, -0.2) is 0 Å². The smallest absolute Gasteiger partial charge is 0.0871 e. The number of piperidine rings is 1. The molecule has 17 heavy (non-hydrogen) atoms. The average Bonchev–Trinajstić information content (AvgIpc) is 2.43. The molecule has 2 nitrogen and oxygen atoms in total. The SMILES string of the molecule is CC.CC1CNCCC1(C#N)c1ccccc1. The van der Waals surface area contributed by atoms with E-state index in [1.165, 1.54) is 5.56 Å². The first-order valence-corrected chi connectivity index (χ1v) is 6.47. The summed E-state index contributed by atoms with van der Waals surface area (Å²) >= 11 is 0. The van der Waals surface area contributed by atoms with Crippen LogP contribution in [0.5, 0.6) is 0 Å². The van der Waals surface area contributed by atoms with E-state index in [1.54, 1.807) is 0 Å². The molecule has 0 aliphatic carbocycles. The molecule has 0 radical (unpaired) electrons. The van der Waals surface area contributed by atoms with Gasteiger partial charge in [-0.05, 0) is 31.0 Å². The number of nitriles is 1. The van der Waals surface area contributed by atoms with Gasteiger partial charge < -0.3 is 5.32 Å². The van der Waals surface area contributed by atoms with Crippen molar-refractivity contribution >= 4 is 0 Å². The molecule has 1 aliphatic heterocycles. The molecule has 1 aromatic rings. The van der Waals surface area contributed by atoms with E-state index in [-0.39, 0.29) is 5.41 Å². The van der Waals surface area contributed by atoms with E-state index in [1.807, 2.05) is 32.0 Å². The van der Waals surface area contributed by atoms with Crippen molar-refractivity contribution in [2.75, 3.05) is 13.1 Å². The third-order valence-corrected chi connectivity index (χ3v) is 3.48. The minimum absolute atomic E-state index is 0.285. The van der Waals surface area contributed by atoms with Gasteiger partial charge in [0.2, 0.25) is 0 Å². The summed E-state index contributed by atoms with van der Waals surface area (Å²) in [6.45, 7) is 8.03. The summed E-state index contributed by atoms with van der Waals surface area (Å²) < 4.78 is 0. The fourth-order valence-corrected chi connectivity index (χ4v) is 2.42. The zero-order valence-corrected chi connectivity index (χ0v) is 11.0. The fourth-order valence-electron chi connectivity index (χ4n) is 2.42. The second-order valence-electron chi connectivity index (χ2n) is 4.30. The van der Waals surface area contributed by atoms with Crippen molar-refractivity contribution in [1.29, 1.82) is 5.26 Å². The summed E-state index contributed by atoms with van der Waals surface area (Å²) in [4.78, 5) is 0. The first-order valence-electron chi connectivity index (χ1n) is 6.47. The quantitative estimate of drug-likeness (QED) is 0.804. The van der Waals surface area contributed by atoms with Crippen LogP contribution in [-0.2, 0) is 5.41 Å². The summed E-state index contributed by atoms with van der Waals surface area (Å²) in [5.41, 5.74) is 0.883. The monoisotopic (exact) mass is 230 g/mol. The van der Waals surface area contributed by atoms with Crippen LogP contribution in [0, 0.1) is 17.2 Å². The lowest BCUT2D eigenvalue weighted by molar-refractivity contribution is 0.279. The van der Waals surface area contributed by atoms with Gasteiger partial charge in [-0.15, -0.1) is 0 Å². The molecular weight excluding hydrogens is 208 g/mol. The van der Waals surface area contributed by atoms with Gasteiger partial charge in [-0.1, -0.05) is 51.1 Å². The van der Waals surface area contributed by atoms with E-state index in [4.69, 9.17) is 0 Å². The standard InChI is InChI=1S/C13H16N2.C2H6/c1-11-9-15-8-7-13(11,10-14)12-5-3-2-4-6-12;1-2/h2-6,11,15H,7-9H2,1H3;1-2H3. The number of hydrogen-bond donors (Lipinski definition) is 1. The van der Waals surface area contributed by atoms with E-state index < -0.39 is 0 Å². The van der Waals surface area contributed by atoms with Crippen LogP contribution < -0.4 is 5.32 Å². The Morgan fingerprint density at radius 1 is 1.29 bits per heavy atom. The highest BCUT2D eigenvalue weighted by molar-refractivity contribution is 5.34. The molecule has 2 rings (SSSR count). The second kappa shape index (κ2) is 6.42. The number of hydrogen-bond acceptors (Lipinski definition) is 2. The molecular formula is C15H22N2. The molecule has 2 atom stereocenters. The highest BCUT2D eigenvalue weighted by Crippen LogP contribution is 2.36. The first kappa shape index (κ1) is 13.7. The Bertz CT molecular complexity index is 366. The van der Waals surface area contributed by atoms with Crippen LogP contribution in [0.15, 0.2) is 30.3 Å². The maximum atomic E-state index is 9.49. The maximum Gasteiger partial charge on any atom is 0.0871 e. The highest BCUT2D eigenvalue weighted by Gasteiger charge is 2.39. The summed E-state index contributed by atoms with van der Waals surface area (Å²) in [5.74, 6) is 0.374. The van der Waals surface area contributed by atoms with Crippen LogP contribution in [0.3, 0.4) is 0 Å². The van der Waals surface area contributed by atoms with Gasteiger partial charge in [-0.2, -0.15) is 5.26 Å². The zero-order valence-electron chi connectivity index (χ0n) is 11.0. The number of rotatable bonds is 1. The van der Waals surface area contributed by atoms with Gasteiger partial charge in [0.1, 0.15) is 0 Å². The molecule has 0 bridgehead atoms. The fraction of sp³-hybridized carbons (Fsp3) is 0.533. The summed E-state index contributed by atoms with van der Waals surface area (Å²) in [5, 5.41) is 12.8. The average molecular weight is 230 g/mol. The van der Waals surface area contributed by atoms with Crippen molar-refractivity contribution in [3.8, 4) is 6.07 Å². The molecule has 1 heterocycles. The lowest BCUT2D eigenvalue weighted by Gasteiger charge is -2.37. The third-order valence-electron chi connectivity index (χ3n) is 3.48. The summed E-state index contributed by atoms with van der Waals surface area (Å²) in [7, 11) is 0. The van der Waals surface area contributed by atoms with Crippen molar-refractivity contribution in [1.82, 2.24) is 5.32 Å². The van der Waals surface area contributed by atoms with Crippen LogP contribution in [0.4, 0.5) is 0 Å². The Morgan fingerprint density at radius 2 is 1.94 bits per heavy atom. The van der Waals surface area contributed by atoms with Crippen molar-refractivity contribution in [3.63, 3.8) is 0 Å². The van der Waals surface area contributed by atoms with Gasteiger partial charge in [0.05, 0.1) is 11.5 Å². The normalized spacial score (nSPS) is 27.5. The number of nitrogens with one attached hydrogen (secondary N) is 1. The molecule has 0 spiro atoms. The Balaban J connectivity index is 0.000000686. The van der Waals surface area contributed by atoms with Crippen molar-refractivity contribution in [2.45, 2.75) is 32.6 Å². The topological polar surface area (TPSA) is 35.8 Å². The second-order valence-corrected chi connectivity index (χ2v) is 4.30. The van der Waals surface area contributed by atoms with Crippen LogP contribution in [0.1, 0.15) is 32.8 Å². The summed E-state index contributed by atoms with van der Waals surface area (Å²) in [6.07, 6.45) is 0.911. The lowest BCUT2D eigenvalue weighted by atomic mass is 9.68. The van der Waals surface area contributed by atoms with Gasteiger partial charge in [0.25, 0.3) is 0 Å². The van der Waals surface area contributed by atoms with Gasteiger partial charge in [0, 0.05) is 0 Å². The van der Waals surface area contributed by atoms with E-state index >= 15 is 0 Å². The molecule has 1 aliphatic rings. The minimum Gasteiger partial charge on any atom is -0.316 e. The molecule has 1 N–H and O–H groups in total. The number of benzene rings is 1. The van der Waals surface area contributed by atoms with Crippen molar-refractivity contribution in [3.05, 3.63) is 35.9 Å². The maximum absolute atomic E-state index is 9.49. The van der Waals surface area contributed by atoms with E-state index in [2.05, 4.69) is 30.4 Å². The van der Waals surface area contributed by atoms with Crippen molar-refractivity contribution < 1.29 is 0 Å². The minimum atomic E-state index is -0.285. The molecule has 1 fully saturated rings. The molecule has 1 saturated heterocycles. The van der Waals surface area contributed by atoms with Gasteiger partial charge >= 0.3 is 0 Å². The van der Waals surface area contributed by atoms with Crippen LogP contribution in [0.2, 0.25) is 0 Å². The molecule has 0 aromatic heterocycles. The zero-order chi connectivity index (χ0) is 12.7. The number of nitrogens with zero attached hydrogens (tertiary/aromatic N) is 1. The molecule has 92 valence electrons. The Kier molecular flexibility index (Phi) is 5.18. The lowest BCUT2D eigenvalue weighted by Crippen LogP contribution is -2.45. The molecule has 0 amide bonds. The van der Waals surface area contributed by atoms with E-state index in [0.29, 0.717) is 5.92 Å². The Morgan fingerprint density at radius 3 is 2.47 bits per heavy atom. The van der Waals surface area contributed by atoms with Crippen LogP contribution in [0.25, 0.3) is 0 Å². The Labute approximate surface area is 105 Å². The molecule has 2 heteroatoms. The van der Waals surface area contributed by atoms with E-state index in [9.17, 15) is 5.26 Å². The first-order chi connectivity index (χ1) is 8.29. The van der Waals surface area contributed by atoms with Crippen LogP contribution in [-0.4, -0.2) is 13.1 Å². The predicted octanol–water partition coefficient (Wildman–Crippen LogP) is 3.10. The summed E-state index contributed by atoms with van der Waals surface area (Å²) in [6, 6.07) is 12.7. The molecule has 0 saturated carbocycles. The van der Waals surface area contributed by atoms with E-state index in [0.717, 1.165) is 19.5 Å². The van der Waals surface area contributed by atoms with Gasteiger partial charge in [0.15, 0.2) is 0 Å². The molecule has 1 aromatic carbocycles. The van der Waals surface area contributed by atoms with Gasteiger partial charge in [-0.3, -0.25) is 0 Å². The largest absolute Gasteiger partial charge is 0.316 e. The third kappa shape index (κ3) is 2.68. The Hall–Kier alpha value is -1.33. The van der Waals surface area contributed by atoms with Crippen LogP contribution >= 0.6 is 0 Å². The predicted molar refractivity (Wildman–Crippen MR) is 71.7 cm³/mol. The van der Waals surface area contributed by atoms with Crippen molar-refractivity contribution in [2.24, 2.45) is 5.92 Å².